The van der Waals surface area contributed by atoms with Crippen molar-refractivity contribution in [3.8, 4) is 0 Å². The van der Waals surface area contributed by atoms with E-state index in [1.807, 2.05) is 42.7 Å². The van der Waals surface area contributed by atoms with Crippen LogP contribution in [-0.2, 0) is 11.3 Å². The van der Waals surface area contributed by atoms with Crippen LogP contribution in [0.25, 0.3) is 0 Å². The lowest BCUT2D eigenvalue weighted by Gasteiger charge is -2.26. The lowest BCUT2D eigenvalue weighted by Crippen LogP contribution is -2.35. The van der Waals surface area contributed by atoms with Crippen molar-refractivity contribution in [2.75, 3.05) is 32.6 Å². The zero-order valence-corrected chi connectivity index (χ0v) is 14.1. The van der Waals surface area contributed by atoms with E-state index in [-0.39, 0.29) is 5.78 Å². The number of carbonyl (C=O) groups excluding carboxylic acids is 1. The molecule has 0 aromatic heterocycles. The van der Waals surface area contributed by atoms with Gasteiger partial charge >= 0.3 is 0 Å². The monoisotopic (exact) mass is 327 g/mol. The van der Waals surface area contributed by atoms with Gasteiger partial charge in [-0.3, -0.25) is 9.69 Å². The van der Waals surface area contributed by atoms with Crippen LogP contribution in [-0.4, -0.2) is 43.2 Å². The van der Waals surface area contributed by atoms with Gasteiger partial charge in [0.15, 0.2) is 5.78 Å². The van der Waals surface area contributed by atoms with Crippen LogP contribution in [0.5, 0.6) is 0 Å². The summed E-state index contributed by atoms with van der Waals surface area (Å²) in [5, 5.41) is 0. The topological polar surface area (TPSA) is 29.5 Å². The number of nitrogens with zero attached hydrogens (tertiary/aromatic N) is 1. The van der Waals surface area contributed by atoms with Gasteiger partial charge in [-0.25, -0.2) is 0 Å². The van der Waals surface area contributed by atoms with Gasteiger partial charge in [0, 0.05) is 35.7 Å². The lowest BCUT2D eigenvalue weighted by atomic mass is 10.0. The Kier molecular flexibility index (Phi) is 5.49. The Bertz CT molecular complexity index is 663. The summed E-state index contributed by atoms with van der Waals surface area (Å²) in [6, 6.07) is 15.8. The van der Waals surface area contributed by atoms with Gasteiger partial charge in [0.2, 0.25) is 0 Å². The highest BCUT2D eigenvalue weighted by molar-refractivity contribution is 7.98. The van der Waals surface area contributed by atoms with Crippen LogP contribution in [0.15, 0.2) is 53.4 Å². The molecule has 4 heteroatoms. The Morgan fingerprint density at radius 1 is 1.09 bits per heavy atom. The van der Waals surface area contributed by atoms with Gasteiger partial charge in [-0.1, -0.05) is 36.4 Å². The third kappa shape index (κ3) is 4.02. The number of hydrogen-bond acceptors (Lipinski definition) is 4. The third-order valence-corrected chi connectivity index (χ3v) is 4.87. The smallest absolute Gasteiger partial charge is 0.194 e. The molecule has 1 fully saturated rings. The maximum absolute atomic E-state index is 12.7. The van der Waals surface area contributed by atoms with Gasteiger partial charge in [0.05, 0.1) is 13.2 Å². The van der Waals surface area contributed by atoms with Gasteiger partial charge in [0.1, 0.15) is 0 Å². The molecule has 1 saturated heterocycles. The minimum atomic E-state index is 0.0906. The molecule has 0 saturated carbocycles. The highest BCUT2D eigenvalue weighted by Gasteiger charge is 2.14. The zero-order valence-electron chi connectivity index (χ0n) is 13.3. The number of morpholine rings is 1. The molecule has 3 nitrogen and oxygen atoms in total. The Labute approximate surface area is 141 Å². The number of carbonyl (C=O) groups is 1. The summed E-state index contributed by atoms with van der Waals surface area (Å²) in [6.45, 7) is 4.48. The van der Waals surface area contributed by atoms with Crippen LogP contribution < -0.4 is 0 Å². The first kappa shape index (κ1) is 16.2. The van der Waals surface area contributed by atoms with E-state index in [0.29, 0.717) is 0 Å². The predicted molar refractivity (Wildman–Crippen MR) is 94.2 cm³/mol. The molecule has 120 valence electrons. The first-order chi connectivity index (χ1) is 11.3. The van der Waals surface area contributed by atoms with E-state index < -0.39 is 0 Å². The second-order valence-electron chi connectivity index (χ2n) is 5.61. The van der Waals surface area contributed by atoms with Crippen molar-refractivity contribution in [2.24, 2.45) is 0 Å². The molecule has 0 unspecified atom stereocenters. The molecule has 23 heavy (non-hydrogen) atoms. The minimum Gasteiger partial charge on any atom is -0.379 e. The van der Waals surface area contributed by atoms with Gasteiger partial charge < -0.3 is 4.74 Å². The van der Waals surface area contributed by atoms with Gasteiger partial charge in [-0.15, -0.1) is 11.8 Å². The zero-order chi connectivity index (χ0) is 16.1. The molecule has 0 radical (unpaired) electrons. The fraction of sp³-hybridized carbons (Fsp3) is 0.316. The average molecular weight is 327 g/mol. The molecule has 2 aromatic carbocycles. The summed E-state index contributed by atoms with van der Waals surface area (Å²) < 4.78 is 5.37. The maximum Gasteiger partial charge on any atom is 0.194 e. The molecule has 0 spiro atoms. The Hall–Kier alpha value is -1.62. The summed E-state index contributed by atoms with van der Waals surface area (Å²) in [6.07, 6.45) is 2.00. The quantitative estimate of drug-likeness (QED) is 0.621. The molecule has 3 rings (SSSR count). The fourth-order valence-corrected chi connectivity index (χ4v) is 3.36. The molecule has 1 aliphatic rings. The summed E-state index contributed by atoms with van der Waals surface area (Å²) >= 11 is 1.61. The SMILES string of the molecule is CSc1ccccc1C(=O)c1ccc(CN2CCOCC2)cc1. The Morgan fingerprint density at radius 3 is 2.48 bits per heavy atom. The third-order valence-electron chi connectivity index (χ3n) is 4.08. The van der Waals surface area contributed by atoms with Gasteiger partial charge in [-0.05, 0) is 24.0 Å². The van der Waals surface area contributed by atoms with Crippen molar-refractivity contribution in [3.63, 3.8) is 0 Å². The summed E-state index contributed by atoms with van der Waals surface area (Å²) in [5.41, 5.74) is 2.76. The molecule has 0 aliphatic carbocycles. The van der Waals surface area contributed by atoms with Crippen LogP contribution in [0.4, 0.5) is 0 Å². The van der Waals surface area contributed by atoms with Crippen molar-refractivity contribution in [1.29, 1.82) is 0 Å². The number of ketones is 1. The van der Waals surface area contributed by atoms with Crippen LogP contribution in [0.2, 0.25) is 0 Å². The van der Waals surface area contributed by atoms with E-state index in [2.05, 4.69) is 17.0 Å². The predicted octanol–water partition coefficient (Wildman–Crippen LogP) is 3.47. The summed E-state index contributed by atoms with van der Waals surface area (Å²) in [5.74, 6) is 0.0906. The van der Waals surface area contributed by atoms with Crippen molar-refractivity contribution >= 4 is 17.5 Å². The maximum atomic E-state index is 12.7. The van der Waals surface area contributed by atoms with E-state index >= 15 is 0 Å². The minimum absolute atomic E-state index is 0.0906. The number of hydrogen-bond donors (Lipinski definition) is 0. The lowest BCUT2D eigenvalue weighted by molar-refractivity contribution is 0.0342. The van der Waals surface area contributed by atoms with Crippen LogP contribution in [0.1, 0.15) is 21.5 Å². The van der Waals surface area contributed by atoms with E-state index in [4.69, 9.17) is 4.74 Å². The molecule has 1 aliphatic heterocycles. The number of benzene rings is 2. The molecule has 0 amide bonds. The van der Waals surface area contributed by atoms with Crippen molar-refractivity contribution in [2.45, 2.75) is 11.4 Å². The molecule has 0 atom stereocenters. The van der Waals surface area contributed by atoms with Gasteiger partial charge in [0.25, 0.3) is 0 Å². The molecule has 0 N–H and O–H groups in total. The van der Waals surface area contributed by atoms with E-state index in [0.717, 1.165) is 48.9 Å². The summed E-state index contributed by atoms with van der Waals surface area (Å²) in [4.78, 5) is 16.1. The van der Waals surface area contributed by atoms with E-state index in [1.165, 1.54) is 5.56 Å². The van der Waals surface area contributed by atoms with Crippen LogP contribution in [0.3, 0.4) is 0 Å². The Morgan fingerprint density at radius 2 is 1.78 bits per heavy atom. The second-order valence-corrected chi connectivity index (χ2v) is 6.46. The Balaban J connectivity index is 1.72. The average Bonchev–Trinajstić information content (AvgIpc) is 2.62. The van der Waals surface area contributed by atoms with Crippen molar-refractivity contribution in [1.82, 2.24) is 4.90 Å². The number of rotatable bonds is 5. The largest absolute Gasteiger partial charge is 0.379 e. The normalized spacial score (nSPS) is 15.5. The van der Waals surface area contributed by atoms with Gasteiger partial charge in [-0.2, -0.15) is 0 Å². The van der Waals surface area contributed by atoms with Crippen LogP contribution in [0, 0.1) is 0 Å². The molecular formula is C19H21NO2S. The standard InChI is InChI=1S/C19H21NO2S/c1-23-18-5-3-2-4-17(18)19(21)16-8-6-15(7-9-16)14-20-10-12-22-13-11-20/h2-9H,10-14H2,1H3. The highest BCUT2D eigenvalue weighted by Crippen LogP contribution is 2.23. The molecule has 0 bridgehead atoms. The first-order valence-electron chi connectivity index (χ1n) is 7.84. The molecular weight excluding hydrogens is 306 g/mol. The molecule has 1 heterocycles. The molecule has 2 aromatic rings. The van der Waals surface area contributed by atoms with Crippen LogP contribution >= 0.6 is 11.8 Å². The van der Waals surface area contributed by atoms with Crippen molar-refractivity contribution in [3.05, 3.63) is 65.2 Å². The fourth-order valence-electron chi connectivity index (χ4n) is 2.77. The number of ether oxygens (including phenoxy) is 1. The highest BCUT2D eigenvalue weighted by atomic mass is 32.2. The number of thioether (sulfide) groups is 1. The summed E-state index contributed by atoms with van der Waals surface area (Å²) in [7, 11) is 0. The first-order valence-corrected chi connectivity index (χ1v) is 9.07. The second kappa shape index (κ2) is 7.77. The van der Waals surface area contributed by atoms with E-state index in [9.17, 15) is 4.79 Å². The van der Waals surface area contributed by atoms with E-state index in [1.54, 1.807) is 11.8 Å². The van der Waals surface area contributed by atoms with Crippen molar-refractivity contribution < 1.29 is 9.53 Å².